The molecule has 1 aromatic heterocycles. The molecule has 0 N–H and O–H groups in total. The van der Waals surface area contributed by atoms with E-state index in [0.29, 0.717) is 37.1 Å². The number of benzene rings is 1. The third-order valence-electron chi connectivity index (χ3n) is 4.59. The highest BCUT2D eigenvalue weighted by Gasteiger charge is 2.24. The molecule has 0 unspecified atom stereocenters. The number of carbonyl (C=O) groups is 1. The Labute approximate surface area is 153 Å². The molecule has 0 radical (unpaired) electrons. The molecule has 136 valence electrons. The molecule has 1 saturated heterocycles. The Morgan fingerprint density at radius 2 is 2.20 bits per heavy atom. The van der Waals surface area contributed by atoms with Crippen molar-refractivity contribution in [2.75, 3.05) is 46.9 Å². The van der Waals surface area contributed by atoms with Crippen LogP contribution < -0.4 is 0 Å². The molecule has 6 heteroatoms. The average Bonchev–Trinajstić information content (AvgIpc) is 2.78. The van der Waals surface area contributed by atoms with Gasteiger partial charge in [-0.05, 0) is 38.7 Å². The molecule has 1 aliphatic heterocycles. The van der Waals surface area contributed by atoms with E-state index in [4.69, 9.17) is 20.8 Å². The second kappa shape index (κ2) is 7.77. The molecular weight excluding hydrogens is 340 g/mol. The van der Waals surface area contributed by atoms with Crippen LogP contribution in [0.1, 0.15) is 11.1 Å². The van der Waals surface area contributed by atoms with Crippen molar-refractivity contribution in [1.29, 1.82) is 0 Å². The molecule has 0 spiro atoms. The van der Waals surface area contributed by atoms with E-state index in [1.54, 1.807) is 6.26 Å². The summed E-state index contributed by atoms with van der Waals surface area (Å²) in [7, 11) is 4.08. The van der Waals surface area contributed by atoms with Gasteiger partial charge in [-0.1, -0.05) is 11.6 Å². The summed E-state index contributed by atoms with van der Waals surface area (Å²) >= 11 is 6.23. The average molecular weight is 365 g/mol. The Balaban J connectivity index is 1.74. The lowest BCUT2D eigenvalue weighted by atomic mass is 10.1. The fraction of sp³-hybridized carbons (Fsp3) is 0.526. The fourth-order valence-corrected chi connectivity index (χ4v) is 3.51. The van der Waals surface area contributed by atoms with Crippen LogP contribution in [0.3, 0.4) is 0 Å². The minimum absolute atomic E-state index is 0.105. The molecule has 5 nitrogen and oxygen atoms in total. The highest BCUT2D eigenvalue weighted by atomic mass is 35.5. The van der Waals surface area contributed by atoms with Gasteiger partial charge in [0.05, 0.1) is 25.9 Å². The van der Waals surface area contributed by atoms with Crippen LogP contribution in [-0.4, -0.2) is 62.7 Å². The Morgan fingerprint density at radius 1 is 1.40 bits per heavy atom. The summed E-state index contributed by atoms with van der Waals surface area (Å²) in [6.07, 6.45) is 1.99. The SMILES string of the molecule is Cc1cc2occ(CC(=O)N3CCOC[C@H](CN(C)C)C3)c2cc1Cl. The maximum absolute atomic E-state index is 12.8. The van der Waals surface area contributed by atoms with Crippen molar-refractivity contribution in [1.82, 2.24) is 9.80 Å². The van der Waals surface area contributed by atoms with Crippen LogP contribution in [0.5, 0.6) is 0 Å². The van der Waals surface area contributed by atoms with Gasteiger partial charge < -0.3 is 19.0 Å². The second-order valence-corrected chi connectivity index (χ2v) is 7.49. The minimum Gasteiger partial charge on any atom is -0.464 e. The number of halogens is 1. The molecule has 1 aromatic carbocycles. The third-order valence-corrected chi connectivity index (χ3v) is 5.00. The smallest absolute Gasteiger partial charge is 0.227 e. The van der Waals surface area contributed by atoms with Crippen molar-refractivity contribution in [2.45, 2.75) is 13.3 Å². The zero-order chi connectivity index (χ0) is 18.0. The summed E-state index contributed by atoms with van der Waals surface area (Å²) in [6, 6.07) is 3.80. The van der Waals surface area contributed by atoms with Crippen molar-refractivity contribution in [2.24, 2.45) is 5.92 Å². The van der Waals surface area contributed by atoms with E-state index >= 15 is 0 Å². The van der Waals surface area contributed by atoms with Gasteiger partial charge in [-0.3, -0.25) is 4.79 Å². The standard InChI is InChI=1S/C19H25ClN2O3/c1-13-6-18-16(8-17(13)20)15(12-25-18)7-19(23)22-4-5-24-11-14(10-22)9-21(2)3/h6,8,12,14H,4-5,7,9-11H2,1-3H3/t14-/m1/s1. The number of hydrogen-bond donors (Lipinski definition) is 0. The second-order valence-electron chi connectivity index (χ2n) is 7.08. The van der Waals surface area contributed by atoms with Gasteiger partial charge in [0.1, 0.15) is 5.58 Å². The van der Waals surface area contributed by atoms with E-state index in [9.17, 15) is 4.79 Å². The topological polar surface area (TPSA) is 45.9 Å². The Bertz CT molecular complexity index is 756. The van der Waals surface area contributed by atoms with Gasteiger partial charge in [0.2, 0.25) is 5.91 Å². The first-order valence-electron chi connectivity index (χ1n) is 8.60. The number of hydrogen-bond acceptors (Lipinski definition) is 4. The van der Waals surface area contributed by atoms with E-state index in [1.807, 2.05) is 38.1 Å². The van der Waals surface area contributed by atoms with E-state index < -0.39 is 0 Å². The highest BCUT2D eigenvalue weighted by molar-refractivity contribution is 6.32. The number of furan rings is 1. The molecule has 2 heterocycles. The lowest BCUT2D eigenvalue weighted by Crippen LogP contribution is -2.39. The molecule has 0 saturated carbocycles. The van der Waals surface area contributed by atoms with Gasteiger partial charge in [-0.15, -0.1) is 0 Å². The zero-order valence-corrected chi connectivity index (χ0v) is 15.8. The van der Waals surface area contributed by atoms with Gasteiger partial charge in [0.15, 0.2) is 0 Å². The summed E-state index contributed by atoms with van der Waals surface area (Å²) in [6.45, 7) is 5.51. The predicted octanol–water partition coefficient (Wildman–Crippen LogP) is 2.97. The number of carbonyl (C=O) groups excluding carboxylic acids is 1. The number of ether oxygens (including phenoxy) is 1. The molecule has 1 fully saturated rings. The first kappa shape index (κ1) is 18.2. The van der Waals surface area contributed by atoms with Gasteiger partial charge >= 0.3 is 0 Å². The number of fused-ring (bicyclic) bond motifs is 1. The predicted molar refractivity (Wildman–Crippen MR) is 99.1 cm³/mol. The van der Waals surface area contributed by atoms with Crippen molar-refractivity contribution in [3.05, 3.63) is 34.5 Å². The summed E-state index contributed by atoms with van der Waals surface area (Å²) in [5.41, 5.74) is 2.63. The first-order valence-corrected chi connectivity index (χ1v) is 8.98. The van der Waals surface area contributed by atoms with Crippen LogP contribution in [0, 0.1) is 12.8 Å². The number of aryl methyl sites for hydroxylation is 1. The normalized spacial score (nSPS) is 18.8. The Kier molecular flexibility index (Phi) is 5.67. The van der Waals surface area contributed by atoms with Crippen LogP contribution in [-0.2, 0) is 16.0 Å². The van der Waals surface area contributed by atoms with Crippen LogP contribution in [0.4, 0.5) is 0 Å². The number of amides is 1. The van der Waals surface area contributed by atoms with Gasteiger partial charge in [-0.25, -0.2) is 0 Å². The van der Waals surface area contributed by atoms with Gasteiger partial charge in [0, 0.05) is 41.5 Å². The van der Waals surface area contributed by atoms with Crippen molar-refractivity contribution >= 4 is 28.5 Å². The summed E-state index contributed by atoms with van der Waals surface area (Å²) in [5, 5.41) is 1.61. The number of nitrogens with zero attached hydrogens (tertiary/aromatic N) is 2. The van der Waals surface area contributed by atoms with Crippen molar-refractivity contribution in [3.63, 3.8) is 0 Å². The van der Waals surface area contributed by atoms with Crippen LogP contribution in [0.25, 0.3) is 11.0 Å². The van der Waals surface area contributed by atoms with E-state index in [1.165, 1.54) is 0 Å². The van der Waals surface area contributed by atoms with Crippen molar-refractivity contribution < 1.29 is 13.9 Å². The number of rotatable bonds is 4. The summed E-state index contributed by atoms with van der Waals surface area (Å²) in [5.74, 6) is 0.438. The maximum Gasteiger partial charge on any atom is 0.227 e. The molecule has 2 aromatic rings. The van der Waals surface area contributed by atoms with Crippen LogP contribution in [0.2, 0.25) is 5.02 Å². The molecule has 1 amide bonds. The molecule has 0 bridgehead atoms. The minimum atomic E-state index is 0.105. The monoisotopic (exact) mass is 364 g/mol. The molecule has 25 heavy (non-hydrogen) atoms. The molecule has 1 aliphatic rings. The first-order chi connectivity index (χ1) is 11.9. The molecular formula is C19H25ClN2O3. The lowest BCUT2D eigenvalue weighted by Gasteiger charge is -2.25. The lowest BCUT2D eigenvalue weighted by molar-refractivity contribution is -0.130. The maximum atomic E-state index is 12.8. The fourth-order valence-electron chi connectivity index (χ4n) is 3.35. The van der Waals surface area contributed by atoms with Gasteiger partial charge in [-0.2, -0.15) is 0 Å². The zero-order valence-electron chi connectivity index (χ0n) is 15.0. The quantitative estimate of drug-likeness (QED) is 0.836. The Hall–Kier alpha value is -1.56. The van der Waals surface area contributed by atoms with Crippen molar-refractivity contribution in [3.8, 4) is 0 Å². The summed E-state index contributed by atoms with van der Waals surface area (Å²) < 4.78 is 11.3. The molecule has 3 rings (SSSR count). The highest BCUT2D eigenvalue weighted by Crippen LogP contribution is 2.28. The largest absolute Gasteiger partial charge is 0.464 e. The van der Waals surface area contributed by atoms with Crippen LogP contribution in [0.15, 0.2) is 22.8 Å². The third kappa shape index (κ3) is 4.35. The van der Waals surface area contributed by atoms with Crippen LogP contribution >= 0.6 is 11.6 Å². The van der Waals surface area contributed by atoms with Gasteiger partial charge in [0.25, 0.3) is 0 Å². The van der Waals surface area contributed by atoms with E-state index in [-0.39, 0.29) is 5.91 Å². The van der Waals surface area contributed by atoms with E-state index in [2.05, 4.69) is 4.90 Å². The Morgan fingerprint density at radius 3 is 2.96 bits per heavy atom. The van der Waals surface area contributed by atoms with E-state index in [0.717, 1.165) is 35.2 Å². The molecule has 1 atom stereocenters. The molecule has 0 aliphatic carbocycles. The summed E-state index contributed by atoms with van der Waals surface area (Å²) in [4.78, 5) is 16.9.